The summed E-state index contributed by atoms with van der Waals surface area (Å²) in [5, 5.41) is 17.7. The second-order valence-electron chi connectivity index (χ2n) is 3.32. The zero-order valence-electron chi connectivity index (χ0n) is 9.41. The maximum Gasteiger partial charge on any atom is 0.324 e. The van der Waals surface area contributed by atoms with E-state index in [2.05, 4.69) is 4.74 Å². The molecule has 2 atom stereocenters. The van der Waals surface area contributed by atoms with E-state index in [1.54, 1.807) is 4.72 Å². The Bertz CT molecular complexity index is 375. The molecule has 9 heteroatoms. The summed E-state index contributed by atoms with van der Waals surface area (Å²) < 4.78 is 28.8. The number of sulfonamides is 1. The molecule has 0 bridgehead atoms. The van der Waals surface area contributed by atoms with Gasteiger partial charge in [-0.1, -0.05) is 0 Å². The number of aliphatic carboxylic acids is 1. The molecule has 0 heterocycles. The average molecular weight is 269 g/mol. The van der Waals surface area contributed by atoms with Crippen LogP contribution in [0.15, 0.2) is 0 Å². The Morgan fingerprint density at radius 3 is 2.29 bits per heavy atom. The Balaban J connectivity index is 4.52. The van der Waals surface area contributed by atoms with Crippen LogP contribution in [0.5, 0.6) is 0 Å². The van der Waals surface area contributed by atoms with Crippen molar-refractivity contribution in [2.24, 2.45) is 0 Å². The van der Waals surface area contributed by atoms with E-state index < -0.39 is 46.3 Å². The molecule has 0 unspecified atom stereocenters. The third kappa shape index (κ3) is 6.19. The first-order chi connectivity index (χ1) is 7.69. The summed E-state index contributed by atoms with van der Waals surface area (Å²) in [6, 6.07) is -1.64. The summed E-state index contributed by atoms with van der Waals surface area (Å²) in [5.41, 5.74) is 0. The summed E-state index contributed by atoms with van der Waals surface area (Å²) in [4.78, 5) is 21.4. The quantitative estimate of drug-likeness (QED) is 0.470. The number of hydrogen-bond donors (Lipinski definition) is 3. The number of esters is 1. The van der Waals surface area contributed by atoms with Crippen LogP contribution in [-0.4, -0.2) is 55.6 Å². The minimum absolute atomic E-state index is 0.391. The number of rotatable bonds is 7. The van der Waals surface area contributed by atoms with Crippen molar-refractivity contribution in [1.29, 1.82) is 0 Å². The molecule has 0 aliphatic heterocycles. The molecule has 0 aromatic rings. The third-order valence-electron chi connectivity index (χ3n) is 1.86. The molecule has 0 radical (unpaired) electrons. The molecule has 0 saturated heterocycles. The molecule has 0 fully saturated rings. The van der Waals surface area contributed by atoms with Gasteiger partial charge in [-0.15, -0.1) is 0 Å². The Labute approximate surface area is 98.6 Å². The van der Waals surface area contributed by atoms with E-state index in [9.17, 15) is 18.0 Å². The molecule has 0 spiro atoms. The van der Waals surface area contributed by atoms with Crippen LogP contribution in [0.2, 0.25) is 0 Å². The predicted molar refractivity (Wildman–Crippen MR) is 56.7 cm³/mol. The standard InChI is InChI=1S/C8H15NO7S/c1-5(10)7(8(12)13)9-17(14,15)4-3-6(11)16-2/h5,7,9-10H,3-4H2,1-2H3,(H,12,13)/t5-,7+/m1/s1. The number of aliphatic hydroxyl groups is 1. The first kappa shape index (κ1) is 15.8. The van der Waals surface area contributed by atoms with E-state index in [4.69, 9.17) is 10.2 Å². The lowest BCUT2D eigenvalue weighted by molar-refractivity contribution is -0.141. The van der Waals surface area contributed by atoms with E-state index in [0.717, 1.165) is 14.0 Å². The number of aliphatic hydroxyl groups excluding tert-OH is 1. The van der Waals surface area contributed by atoms with E-state index in [0.29, 0.717) is 0 Å². The molecule has 0 aliphatic rings. The smallest absolute Gasteiger partial charge is 0.324 e. The highest BCUT2D eigenvalue weighted by Crippen LogP contribution is 1.99. The van der Waals surface area contributed by atoms with Crippen LogP contribution >= 0.6 is 0 Å². The van der Waals surface area contributed by atoms with Crippen LogP contribution < -0.4 is 4.72 Å². The molecule has 17 heavy (non-hydrogen) atoms. The van der Waals surface area contributed by atoms with Crippen LogP contribution in [0.1, 0.15) is 13.3 Å². The highest BCUT2D eigenvalue weighted by molar-refractivity contribution is 7.89. The third-order valence-corrected chi connectivity index (χ3v) is 3.21. The zero-order valence-corrected chi connectivity index (χ0v) is 10.2. The molecule has 0 saturated carbocycles. The van der Waals surface area contributed by atoms with Gasteiger partial charge in [-0.05, 0) is 6.92 Å². The lowest BCUT2D eigenvalue weighted by Gasteiger charge is -2.16. The van der Waals surface area contributed by atoms with Gasteiger partial charge in [0, 0.05) is 0 Å². The van der Waals surface area contributed by atoms with Crippen molar-refractivity contribution in [3.63, 3.8) is 0 Å². The Morgan fingerprint density at radius 2 is 1.94 bits per heavy atom. The van der Waals surface area contributed by atoms with Crippen LogP contribution in [0.3, 0.4) is 0 Å². The number of carbonyl (C=O) groups is 2. The van der Waals surface area contributed by atoms with Crippen molar-refractivity contribution in [3.05, 3.63) is 0 Å². The van der Waals surface area contributed by atoms with Crippen LogP contribution in [0.4, 0.5) is 0 Å². The molecule has 0 rings (SSSR count). The highest BCUT2D eigenvalue weighted by Gasteiger charge is 2.28. The largest absolute Gasteiger partial charge is 0.480 e. The lowest BCUT2D eigenvalue weighted by Crippen LogP contribution is -2.48. The van der Waals surface area contributed by atoms with E-state index in [1.165, 1.54) is 0 Å². The summed E-state index contributed by atoms with van der Waals surface area (Å²) in [5.74, 6) is -2.82. The molecular weight excluding hydrogens is 254 g/mol. The van der Waals surface area contributed by atoms with Gasteiger partial charge in [0.1, 0.15) is 6.04 Å². The molecule has 0 aromatic heterocycles. The first-order valence-electron chi connectivity index (χ1n) is 4.67. The van der Waals surface area contributed by atoms with Crippen LogP contribution in [0, 0.1) is 0 Å². The zero-order chi connectivity index (χ0) is 13.6. The van der Waals surface area contributed by atoms with Gasteiger partial charge >= 0.3 is 11.9 Å². The van der Waals surface area contributed by atoms with Gasteiger partial charge in [-0.25, -0.2) is 8.42 Å². The minimum Gasteiger partial charge on any atom is -0.480 e. The van der Waals surface area contributed by atoms with Gasteiger partial charge in [-0.3, -0.25) is 9.59 Å². The van der Waals surface area contributed by atoms with E-state index in [1.807, 2.05) is 0 Å². The maximum atomic E-state index is 11.4. The maximum absolute atomic E-state index is 11.4. The number of methoxy groups -OCH3 is 1. The molecular formula is C8H15NO7S. The number of carboxylic acid groups (broad SMARTS) is 1. The van der Waals surface area contributed by atoms with Crippen molar-refractivity contribution in [2.45, 2.75) is 25.5 Å². The highest BCUT2D eigenvalue weighted by atomic mass is 32.2. The fourth-order valence-corrected chi connectivity index (χ4v) is 2.17. The van der Waals surface area contributed by atoms with Gasteiger partial charge in [0.05, 0.1) is 25.4 Å². The number of hydrogen-bond acceptors (Lipinski definition) is 6. The fourth-order valence-electron chi connectivity index (χ4n) is 0.927. The van der Waals surface area contributed by atoms with Crippen molar-refractivity contribution in [1.82, 2.24) is 4.72 Å². The summed E-state index contributed by atoms with van der Waals surface area (Å²) >= 11 is 0. The van der Waals surface area contributed by atoms with Crippen molar-refractivity contribution in [2.75, 3.05) is 12.9 Å². The van der Waals surface area contributed by atoms with Crippen molar-refractivity contribution < 1.29 is 33.0 Å². The van der Waals surface area contributed by atoms with Gasteiger partial charge < -0.3 is 14.9 Å². The summed E-state index contributed by atoms with van der Waals surface area (Å²) in [6.45, 7) is 1.14. The second kappa shape index (κ2) is 6.52. The Morgan fingerprint density at radius 1 is 1.41 bits per heavy atom. The SMILES string of the molecule is COC(=O)CCS(=O)(=O)N[C@H](C(=O)O)[C@@H](C)O. The summed E-state index contributed by atoms with van der Waals surface area (Å²) in [7, 11) is -2.86. The number of ether oxygens (including phenoxy) is 1. The molecule has 3 N–H and O–H groups in total. The van der Waals surface area contributed by atoms with Gasteiger partial charge in [0.2, 0.25) is 10.0 Å². The van der Waals surface area contributed by atoms with Crippen LogP contribution in [0.25, 0.3) is 0 Å². The summed E-state index contributed by atoms with van der Waals surface area (Å²) in [6.07, 6.45) is -1.78. The van der Waals surface area contributed by atoms with E-state index >= 15 is 0 Å². The average Bonchev–Trinajstić information content (AvgIpc) is 2.22. The van der Waals surface area contributed by atoms with Crippen molar-refractivity contribution >= 4 is 22.0 Å². The normalized spacial score (nSPS) is 15.0. The van der Waals surface area contributed by atoms with Gasteiger partial charge in [0.15, 0.2) is 0 Å². The second-order valence-corrected chi connectivity index (χ2v) is 5.19. The van der Waals surface area contributed by atoms with Crippen LogP contribution in [-0.2, 0) is 24.3 Å². The fraction of sp³-hybridized carbons (Fsp3) is 0.750. The molecule has 8 nitrogen and oxygen atoms in total. The van der Waals surface area contributed by atoms with Gasteiger partial charge in [0.25, 0.3) is 0 Å². The van der Waals surface area contributed by atoms with Crippen molar-refractivity contribution in [3.8, 4) is 0 Å². The Hall–Kier alpha value is -1.19. The molecule has 100 valence electrons. The predicted octanol–water partition coefficient (Wildman–Crippen LogP) is -1.70. The molecule has 0 aromatic carbocycles. The first-order valence-corrected chi connectivity index (χ1v) is 6.32. The lowest BCUT2D eigenvalue weighted by atomic mass is 10.2. The monoisotopic (exact) mass is 269 g/mol. The number of nitrogens with one attached hydrogen (secondary N) is 1. The topological polar surface area (TPSA) is 130 Å². The Kier molecular flexibility index (Phi) is 6.07. The minimum atomic E-state index is -3.97. The van der Waals surface area contributed by atoms with Gasteiger partial charge in [-0.2, -0.15) is 4.72 Å². The number of carbonyl (C=O) groups excluding carboxylic acids is 1. The number of carboxylic acids is 1. The van der Waals surface area contributed by atoms with E-state index in [-0.39, 0.29) is 0 Å². The molecule has 0 aliphatic carbocycles. The molecule has 0 amide bonds.